The molecule has 1 aromatic carbocycles. The van der Waals surface area contributed by atoms with Crippen LogP contribution >= 0.6 is 23.5 Å². The smallest absolute Gasteiger partial charge is 0.0100 e. The molecule has 1 aliphatic rings. The van der Waals surface area contributed by atoms with Gasteiger partial charge in [-0.1, -0.05) is 18.2 Å². The van der Waals surface area contributed by atoms with E-state index in [0.29, 0.717) is 0 Å². The van der Waals surface area contributed by atoms with E-state index in [4.69, 9.17) is 0 Å². The van der Waals surface area contributed by atoms with Gasteiger partial charge in [-0.2, -0.15) is 0 Å². The molecule has 2 heteroatoms. The second kappa shape index (κ2) is 5.83. The Bertz CT molecular complexity index is 361. The third kappa shape index (κ3) is 3.33. The zero-order valence-electron chi connectivity index (χ0n) is 9.74. The summed E-state index contributed by atoms with van der Waals surface area (Å²) >= 11 is 3.86. The van der Waals surface area contributed by atoms with Gasteiger partial charge in [0, 0.05) is 15.0 Å². The summed E-state index contributed by atoms with van der Waals surface area (Å²) < 4.78 is 0. The van der Waals surface area contributed by atoms with E-state index in [9.17, 15) is 0 Å². The third-order valence-corrected chi connectivity index (χ3v) is 5.04. The molecule has 0 nitrogen and oxygen atoms in total. The van der Waals surface area contributed by atoms with Gasteiger partial charge in [-0.15, -0.1) is 23.5 Å². The first-order valence-electron chi connectivity index (χ1n) is 5.75. The van der Waals surface area contributed by atoms with Crippen molar-refractivity contribution in [2.24, 2.45) is 0 Å². The van der Waals surface area contributed by atoms with Crippen LogP contribution in [0.4, 0.5) is 0 Å². The van der Waals surface area contributed by atoms with Crippen molar-refractivity contribution in [3.8, 4) is 0 Å². The molecule has 0 saturated heterocycles. The number of rotatable bonds is 3. The third-order valence-electron chi connectivity index (χ3n) is 2.98. The summed E-state index contributed by atoms with van der Waals surface area (Å²) in [6, 6.07) is 8.87. The summed E-state index contributed by atoms with van der Waals surface area (Å²) in [6.45, 7) is 4.07. The molecule has 16 heavy (non-hydrogen) atoms. The SMILES string of the molecule is C=C1CCC(Sc2cccc(SC)c2)CC1. The molecule has 0 aromatic heterocycles. The Hall–Kier alpha value is -0.340. The highest BCUT2D eigenvalue weighted by Gasteiger charge is 2.16. The Balaban J connectivity index is 1.95. The second-order valence-electron chi connectivity index (χ2n) is 4.25. The van der Waals surface area contributed by atoms with E-state index in [1.165, 1.54) is 41.0 Å². The number of hydrogen-bond donors (Lipinski definition) is 0. The van der Waals surface area contributed by atoms with E-state index in [1.807, 2.05) is 23.5 Å². The molecule has 86 valence electrons. The van der Waals surface area contributed by atoms with Crippen molar-refractivity contribution in [3.63, 3.8) is 0 Å². The Morgan fingerprint density at radius 3 is 2.56 bits per heavy atom. The minimum Gasteiger partial charge on any atom is -0.130 e. The van der Waals surface area contributed by atoms with Crippen LogP contribution in [0, 0.1) is 0 Å². The molecule has 1 fully saturated rings. The zero-order valence-corrected chi connectivity index (χ0v) is 11.4. The lowest BCUT2D eigenvalue weighted by Crippen LogP contribution is -2.09. The van der Waals surface area contributed by atoms with E-state index in [-0.39, 0.29) is 0 Å². The largest absolute Gasteiger partial charge is 0.130 e. The molecule has 2 rings (SSSR count). The Kier molecular flexibility index (Phi) is 4.42. The van der Waals surface area contributed by atoms with Crippen LogP contribution in [0.25, 0.3) is 0 Å². The number of benzene rings is 1. The fourth-order valence-corrected chi connectivity index (χ4v) is 3.73. The summed E-state index contributed by atoms with van der Waals surface area (Å²) in [5, 5.41) is 0.794. The molecule has 0 spiro atoms. The molecular formula is C14H18S2. The van der Waals surface area contributed by atoms with Gasteiger partial charge in [-0.3, -0.25) is 0 Å². The summed E-state index contributed by atoms with van der Waals surface area (Å²) in [5.41, 5.74) is 1.44. The van der Waals surface area contributed by atoms with Crippen molar-refractivity contribution >= 4 is 23.5 Å². The second-order valence-corrected chi connectivity index (χ2v) is 6.50. The van der Waals surface area contributed by atoms with Crippen LogP contribution in [0.2, 0.25) is 0 Å². The molecule has 1 aliphatic carbocycles. The highest BCUT2D eigenvalue weighted by atomic mass is 32.2. The monoisotopic (exact) mass is 250 g/mol. The molecule has 0 aliphatic heterocycles. The molecule has 0 unspecified atom stereocenters. The summed E-state index contributed by atoms with van der Waals surface area (Å²) in [4.78, 5) is 2.79. The van der Waals surface area contributed by atoms with Gasteiger partial charge in [0.05, 0.1) is 0 Å². The topological polar surface area (TPSA) is 0 Å². The van der Waals surface area contributed by atoms with Crippen LogP contribution in [-0.4, -0.2) is 11.5 Å². The van der Waals surface area contributed by atoms with Gasteiger partial charge in [0.2, 0.25) is 0 Å². The lowest BCUT2D eigenvalue weighted by Gasteiger charge is -2.22. The van der Waals surface area contributed by atoms with Gasteiger partial charge < -0.3 is 0 Å². The predicted molar refractivity (Wildman–Crippen MR) is 75.5 cm³/mol. The van der Waals surface area contributed by atoms with Crippen LogP contribution in [0.5, 0.6) is 0 Å². The summed E-state index contributed by atoms with van der Waals surface area (Å²) in [7, 11) is 0. The Morgan fingerprint density at radius 1 is 1.19 bits per heavy atom. The molecule has 0 atom stereocenters. The number of allylic oxidation sites excluding steroid dienone is 1. The van der Waals surface area contributed by atoms with Gasteiger partial charge in [-0.05, 0) is 50.1 Å². The van der Waals surface area contributed by atoms with Crippen LogP contribution in [0.1, 0.15) is 25.7 Å². The molecule has 1 aromatic rings. The molecule has 1 saturated carbocycles. The van der Waals surface area contributed by atoms with E-state index in [0.717, 1.165) is 5.25 Å². The van der Waals surface area contributed by atoms with Crippen molar-refractivity contribution in [1.82, 2.24) is 0 Å². The van der Waals surface area contributed by atoms with E-state index in [2.05, 4.69) is 37.1 Å². The Labute approximate surface area is 107 Å². The van der Waals surface area contributed by atoms with Gasteiger partial charge in [-0.25, -0.2) is 0 Å². The Morgan fingerprint density at radius 2 is 1.88 bits per heavy atom. The van der Waals surface area contributed by atoms with Crippen LogP contribution in [0.3, 0.4) is 0 Å². The standard InChI is InChI=1S/C14H18S2/c1-11-6-8-12(9-7-11)16-14-5-3-4-13(10-14)15-2/h3-5,10,12H,1,6-9H2,2H3. The molecule has 0 N–H and O–H groups in total. The minimum absolute atomic E-state index is 0.794. The summed E-state index contributed by atoms with van der Waals surface area (Å²) in [5.74, 6) is 0. The van der Waals surface area contributed by atoms with Crippen molar-refractivity contribution in [3.05, 3.63) is 36.4 Å². The quantitative estimate of drug-likeness (QED) is 0.547. The fourth-order valence-electron chi connectivity index (χ4n) is 1.98. The molecule has 0 radical (unpaired) electrons. The first-order valence-corrected chi connectivity index (χ1v) is 7.86. The average Bonchev–Trinajstić information content (AvgIpc) is 2.32. The maximum absolute atomic E-state index is 4.07. The summed E-state index contributed by atoms with van der Waals surface area (Å²) in [6.07, 6.45) is 7.17. The van der Waals surface area contributed by atoms with Gasteiger partial charge >= 0.3 is 0 Å². The maximum Gasteiger partial charge on any atom is 0.0100 e. The lowest BCUT2D eigenvalue weighted by molar-refractivity contribution is 0.616. The van der Waals surface area contributed by atoms with Gasteiger partial charge in [0.25, 0.3) is 0 Å². The van der Waals surface area contributed by atoms with E-state index >= 15 is 0 Å². The van der Waals surface area contributed by atoms with Gasteiger partial charge in [0.1, 0.15) is 0 Å². The van der Waals surface area contributed by atoms with Crippen molar-refractivity contribution in [2.75, 3.05) is 6.26 Å². The average molecular weight is 250 g/mol. The fraction of sp³-hybridized carbons (Fsp3) is 0.429. The molecule has 0 bridgehead atoms. The maximum atomic E-state index is 4.07. The van der Waals surface area contributed by atoms with E-state index in [1.54, 1.807) is 0 Å². The highest BCUT2D eigenvalue weighted by Crippen LogP contribution is 2.35. The highest BCUT2D eigenvalue weighted by molar-refractivity contribution is 8.00. The van der Waals surface area contributed by atoms with Gasteiger partial charge in [0.15, 0.2) is 0 Å². The van der Waals surface area contributed by atoms with Crippen LogP contribution < -0.4 is 0 Å². The molecular weight excluding hydrogens is 232 g/mol. The van der Waals surface area contributed by atoms with Crippen LogP contribution in [0.15, 0.2) is 46.2 Å². The number of hydrogen-bond acceptors (Lipinski definition) is 2. The normalized spacial score (nSPS) is 17.7. The number of thioether (sulfide) groups is 2. The molecule has 0 amide bonds. The zero-order chi connectivity index (χ0) is 11.4. The minimum atomic E-state index is 0.794. The van der Waals surface area contributed by atoms with Crippen molar-refractivity contribution in [1.29, 1.82) is 0 Å². The first-order chi connectivity index (χ1) is 7.78. The van der Waals surface area contributed by atoms with Crippen molar-refractivity contribution < 1.29 is 0 Å². The van der Waals surface area contributed by atoms with Crippen molar-refractivity contribution in [2.45, 2.75) is 40.7 Å². The predicted octanol–water partition coefficient (Wildman–Crippen LogP) is 5.00. The molecule has 0 heterocycles. The van der Waals surface area contributed by atoms with E-state index < -0.39 is 0 Å². The first kappa shape index (κ1) is 12.1. The van der Waals surface area contributed by atoms with Crippen LogP contribution in [-0.2, 0) is 0 Å². The lowest BCUT2D eigenvalue weighted by atomic mass is 9.96.